The summed E-state index contributed by atoms with van der Waals surface area (Å²) in [4.78, 5) is 39.0. The first-order valence-corrected chi connectivity index (χ1v) is 9.26. The first-order valence-electron chi connectivity index (χ1n) is 9.26. The Labute approximate surface area is 157 Å². The van der Waals surface area contributed by atoms with E-state index in [9.17, 15) is 14.4 Å². The van der Waals surface area contributed by atoms with Crippen LogP contribution in [0, 0.1) is 5.92 Å². The van der Waals surface area contributed by atoms with Crippen LogP contribution in [-0.2, 0) is 4.79 Å². The van der Waals surface area contributed by atoms with Gasteiger partial charge in [-0.05, 0) is 22.8 Å². The summed E-state index contributed by atoms with van der Waals surface area (Å²) >= 11 is 0. The number of unbranched alkanes of at least 4 members (excludes halogenated alkanes) is 1. The second-order valence-corrected chi connectivity index (χ2v) is 6.98. The molecule has 5 amide bonds. The molecule has 140 valence electrons. The highest BCUT2D eigenvalue weighted by atomic mass is 16.2. The van der Waals surface area contributed by atoms with Crippen molar-refractivity contribution in [2.45, 2.75) is 32.0 Å². The average molecular weight is 366 g/mol. The van der Waals surface area contributed by atoms with E-state index in [-0.39, 0.29) is 11.9 Å². The number of urea groups is 2. The molecule has 0 saturated carbocycles. The van der Waals surface area contributed by atoms with Crippen molar-refractivity contribution in [3.05, 3.63) is 48.0 Å². The maximum absolute atomic E-state index is 12.7. The van der Waals surface area contributed by atoms with Crippen LogP contribution in [-0.4, -0.2) is 35.6 Å². The molecule has 2 aliphatic rings. The summed E-state index contributed by atoms with van der Waals surface area (Å²) in [6.45, 7) is 2.52. The van der Waals surface area contributed by atoms with E-state index in [1.807, 2.05) is 49.4 Å². The third-order valence-corrected chi connectivity index (χ3v) is 5.31. The van der Waals surface area contributed by atoms with Crippen molar-refractivity contribution in [2.24, 2.45) is 5.92 Å². The predicted molar refractivity (Wildman–Crippen MR) is 101 cm³/mol. The van der Waals surface area contributed by atoms with Crippen LogP contribution in [0.15, 0.2) is 42.5 Å². The van der Waals surface area contributed by atoms with Gasteiger partial charge in [0.2, 0.25) is 5.91 Å². The number of carbonyl (C=O) groups excluding carboxylic acids is 3. The highest BCUT2D eigenvalue weighted by Gasteiger charge is 2.49. The number of nitrogens with one attached hydrogen (secondary N) is 3. The zero-order chi connectivity index (χ0) is 19.0. The monoisotopic (exact) mass is 366 g/mol. The maximum Gasteiger partial charge on any atom is 0.325 e. The molecule has 7 nitrogen and oxygen atoms in total. The quantitative estimate of drug-likeness (QED) is 0.776. The number of amides is 5. The molecule has 0 aromatic heterocycles. The first kappa shape index (κ1) is 17.3. The summed E-state index contributed by atoms with van der Waals surface area (Å²) < 4.78 is 0. The van der Waals surface area contributed by atoms with E-state index in [1.165, 1.54) is 0 Å². The van der Waals surface area contributed by atoms with Gasteiger partial charge in [0.25, 0.3) is 0 Å². The van der Waals surface area contributed by atoms with Crippen LogP contribution >= 0.6 is 0 Å². The number of carbonyl (C=O) groups is 3. The van der Waals surface area contributed by atoms with Crippen molar-refractivity contribution in [3.8, 4) is 0 Å². The number of hydrogen-bond acceptors (Lipinski definition) is 3. The molecule has 3 atom stereocenters. The van der Waals surface area contributed by atoms with E-state index in [4.69, 9.17) is 0 Å². The Morgan fingerprint density at radius 3 is 2.59 bits per heavy atom. The molecule has 2 aromatic rings. The molecule has 2 saturated heterocycles. The van der Waals surface area contributed by atoms with Gasteiger partial charge in [-0.25, -0.2) is 9.59 Å². The number of rotatable bonds is 4. The third-order valence-electron chi connectivity index (χ3n) is 5.31. The number of benzene rings is 2. The van der Waals surface area contributed by atoms with E-state index in [0.29, 0.717) is 6.54 Å². The lowest BCUT2D eigenvalue weighted by Gasteiger charge is -2.46. The number of hydrogen-bond donors (Lipinski definition) is 3. The molecule has 27 heavy (non-hydrogen) atoms. The smallest absolute Gasteiger partial charge is 0.325 e. The minimum absolute atomic E-state index is 0.372. The molecular formula is C20H22N4O3. The lowest BCUT2D eigenvalue weighted by Crippen LogP contribution is -2.72. The maximum atomic E-state index is 12.7. The Hall–Kier alpha value is -3.09. The Bertz CT molecular complexity index is 908. The van der Waals surface area contributed by atoms with Crippen molar-refractivity contribution < 1.29 is 14.4 Å². The van der Waals surface area contributed by atoms with Gasteiger partial charge in [0.05, 0.1) is 6.04 Å². The predicted octanol–water partition coefficient (Wildman–Crippen LogP) is 2.49. The van der Waals surface area contributed by atoms with E-state index in [1.54, 1.807) is 4.90 Å². The summed E-state index contributed by atoms with van der Waals surface area (Å²) in [5.74, 6) is -0.980. The van der Waals surface area contributed by atoms with Crippen LogP contribution in [0.3, 0.4) is 0 Å². The number of imide groups is 1. The minimum atomic E-state index is -0.657. The first-order chi connectivity index (χ1) is 13.1. The molecule has 2 aromatic carbocycles. The van der Waals surface area contributed by atoms with Crippen molar-refractivity contribution in [3.63, 3.8) is 0 Å². The summed E-state index contributed by atoms with van der Waals surface area (Å²) in [5.41, 5.74) is 0.873. The van der Waals surface area contributed by atoms with Gasteiger partial charge in [-0.15, -0.1) is 0 Å². The van der Waals surface area contributed by atoms with Crippen LogP contribution in [0.25, 0.3) is 10.8 Å². The molecule has 0 bridgehead atoms. The molecule has 2 aliphatic heterocycles. The number of nitrogens with zero attached hydrogens (tertiary/aromatic N) is 1. The lowest BCUT2D eigenvalue weighted by molar-refractivity contribution is -0.130. The van der Waals surface area contributed by atoms with Gasteiger partial charge in [-0.1, -0.05) is 55.8 Å². The fourth-order valence-corrected chi connectivity index (χ4v) is 3.99. The fourth-order valence-electron chi connectivity index (χ4n) is 3.99. The highest BCUT2D eigenvalue weighted by Crippen LogP contribution is 2.35. The topological polar surface area (TPSA) is 90.5 Å². The second-order valence-electron chi connectivity index (χ2n) is 6.98. The Morgan fingerprint density at radius 1 is 1.00 bits per heavy atom. The zero-order valence-corrected chi connectivity index (χ0v) is 15.1. The molecule has 4 rings (SSSR count). The zero-order valence-electron chi connectivity index (χ0n) is 15.1. The third kappa shape index (κ3) is 2.99. The normalized spacial score (nSPS) is 24.9. The number of fused-ring (bicyclic) bond motifs is 2. The molecule has 0 spiro atoms. The van der Waals surface area contributed by atoms with E-state index in [0.717, 1.165) is 29.2 Å². The van der Waals surface area contributed by atoms with E-state index < -0.39 is 24.2 Å². The van der Waals surface area contributed by atoms with Crippen molar-refractivity contribution in [2.75, 3.05) is 6.54 Å². The van der Waals surface area contributed by atoms with Gasteiger partial charge in [0.15, 0.2) is 0 Å². The molecule has 2 fully saturated rings. The molecule has 7 heteroatoms. The Balaban J connectivity index is 1.78. The Morgan fingerprint density at radius 2 is 1.78 bits per heavy atom. The molecule has 3 N–H and O–H groups in total. The van der Waals surface area contributed by atoms with Crippen molar-refractivity contribution in [1.29, 1.82) is 0 Å². The van der Waals surface area contributed by atoms with Gasteiger partial charge in [-0.3, -0.25) is 10.1 Å². The fraction of sp³-hybridized carbons (Fsp3) is 0.350. The summed E-state index contributed by atoms with van der Waals surface area (Å²) in [6, 6.07) is 12.4. The SMILES string of the molecule is CCCCN1C(=O)NC(=O)C2C(c3cccc4ccccc34)NC(=O)NC21. The largest absolute Gasteiger partial charge is 0.330 e. The molecular weight excluding hydrogens is 344 g/mol. The van der Waals surface area contributed by atoms with Crippen molar-refractivity contribution in [1.82, 2.24) is 20.9 Å². The van der Waals surface area contributed by atoms with E-state index in [2.05, 4.69) is 16.0 Å². The van der Waals surface area contributed by atoms with Gasteiger partial charge >= 0.3 is 12.1 Å². The highest BCUT2D eigenvalue weighted by molar-refractivity contribution is 6.01. The second kappa shape index (κ2) is 6.90. The molecule has 2 heterocycles. The van der Waals surface area contributed by atoms with Gasteiger partial charge in [0, 0.05) is 6.54 Å². The van der Waals surface area contributed by atoms with Crippen molar-refractivity contribution >= 4 is 28.7 Å². The Kier molecular flexibility index (Phi) is 4.43. The molecule has 3 unspecified atom stereocenters. The standard InChI is InChI=1S/C20H22N4O3/c1-2-3-11-24-17-15(18(25)23-20(24)27)16(21-19(26)22-17)14-10-6-8-12-7-4-5-9-13(12)14/h4-10,15-17H,2-3,11H2,1H3,(H2,21,22,26)(H,23,25,27). The minimum Gasteiger partial charge on any atom is -0.330 e. The summed E-state index contributed by atoms with van der Waals surface area (Å²) in [6.07, 6.45) is 1.05. The average Bonchev–Trinajstić information content (AvgIpc) is 2.66. The van der Waals surface area contributed by atoms with Crippen LogP contribution in [0.5, 0.6) is 0 Å². The lowest BCUT2D eigenvalue weighted by atomic mass is 9.84. The van der Waals surface area contributed by atoms with Crippen LogP contribution in [0.2, 0.25) is 0 Å². The molecule has 0 aliphatic carbocycles. The van der Waals surface area contributed by atoms with Gasteiger partial charge in [-0.2, -0.15) is 0 Å². The summed E-state index contributed by atoms with van der Waals surface area (Å²) in [7, 11) is 0. The van der Waals surface area contributed by atoms with E-state index >= 15 is 0 Å². The molecule has 0 radical (unpaired) electrons. The van der Waals surface area contributed by atoms with Crippen LogP contribution in [0.1, 0.15) is 31.4 Å². The van der Waals surface area contributed by atoms with Gasteiger partial charge < -0.3 is 15.5 Å². The summed E-state index contributed by atoms with van der Waals surface area (Å²) in [5, 5.41) is 10.2. The van der Waals surface area contributed by atoms with Crippen LogP contribution < -0.4 is 16.0 Å². The van der Waals surface area contributed by atoms with Gasteiger partial charge in [0.1, 0.15) is 12.1 Å². The van der Waals surface area contributed by atoms with Crippen LogP contribution in [0.4, 0.5) is 9.59 Å².